The minimum absolute atomic E-state index is 0.0183. The zero-order chi connectivity index (χ0) is 18.0. The van der Waals surface area contributed by atoms with Crippen molar-refractivity contribution in [1.82, 2.24) is 9.55 Å². The summed E-state index contributed by atoms with van der Waals surface area (Å²) < 4.78 is 1.40. The van der Waals surface area contributed by atoms with Gasteiger partial charge >= 0.3 is 0 Å². The fourth-order valence-corrected chi connectivity index (χ4v) is 2.91. The normalized spacial score (nSPS) is 12.8. The van der Waals surface area contributed by atoms with Gasteiger partial charge in [0.2, 0.25) is 12.0 Å². The topological polar surface area (TPSA) is 114 Å². The average molecular weight is 361 g/mol. The molecular formula is C16H13ClN4O4. The molecule has 0 atom stereocenters. The number of hydrogen-bond acceptors (Lipinski definition) is 6. The number of anilines is 1. The molecule has 1 aromatic heterocycles. The molecule has 25 heavy (non-hydrogen) atoms. The third-order valence-corrected chi connectivity index (χ3v) is 4.28. The molecule has 1 amide bonds. The van der Waals surface area contributed by atoms with Crippen molar-refractivity contribution in [2.45, 2.75) is 25.8 Å². The zero-order valence-corrected chi connectivity index (χ0v) is 13.7. The fourth-order valence-electron chi connectivity index (χ4n) is 2.70. The van der Waals surface area contributed by atoms with Crippen molar-refractivity contribution in [3.63, 3.8) is 0 Å². The second-order valence-electron chi connectivity index (χ2n) is 5.44. The largest absolute Gasteiger partial charge is 0.493 e. The number of rotatable bonds is 3. The average Bonchev–Trinajstić information content (AvgIpc) is 2.58. The van der Waals surface area contributed by atoms with E-state index >= 15 is 0 Å². The molecule has 3 rings (SSSR count). The Bertz CT molecular complexity index is 963. The van der Waals surface area contributed by atoms with Gasteiger partial charge in [-0.15, -0.1) is 0 Å². The summed E-state index contributed by atoms with van der Waals surface area (Å²) in [5, 5.41) is 12.5. The van der Waals surface area contributed by atoms with Gasteiger partial charge in [-0.05, 0) is 25.0 Å². The third-order valence-electron chi connectivity index (χ3n) is 3.88. The van der Waals surface area contributed by atoms with E-state index in [1.54, 1.807) is 0 Å². The van der Waals surface area contributed by atoms with Gasteiger partial charge in [0, 0.05) is 13.0 Å². The van der Waals surface area contributed by atoms with Crippen molar-refractivity contribution in [1.29, 1.82) is 0 Å². The Morgan fingerprint density at radius 1 is 1.40 bits per heavy atom. The van der Waals surface area contributed by atoms with E-state index < -0.39 is 22.9 Å². The minimum Gasteiger partial charge on any atom is -0.493 e. The number of nitrogens with zero attached hydrogens (tertiary/aromatic N) is 3. The molecule has 0 bridgehead atoms. The van der Waals surface area contributed by atoms with Crippen LogP contribution in [0.4, 0.5) is 11.4 Å². The van der Waals surface area contributed by atoms with Crippen LogP contribution in [0.25, 0.3) is 0 Å². The van der Waals surface area contributed by atoms with Crippen LogP contribution >= 0.6 is 11.6 Å². The number of fused-ring (bicyclic) bond motifs is 1. The molecule has 1 aromatic carbocycles. The van der Waals surface area contributed by atoms with E-state index in [0.717, 1.165) is 12.8 Å². The molecule has 0 aliphatic carbocycles. The summed E-state index contributed by atoms with van der Waals surface area (Å²) in [6, 6.07) is 4.47. The van der Waals surface area contributed by atoms with E-state index in [0.29, 0.717) is 18.8 Å². The molecule has 9 heteroatoms. The zero-order valence-electron chi connectivity index (χ0n) is 13.0. The fraction of sp³-hybridized carbons (Fsp3) is 0.250. The van der Waals surface area contributed by atoms with Crippen LogP contribution in [0.2, 0.25) is 5.02 Å². The Hall–Kier alpha value is -2.96. The molecule has 1 aliphatic rings. The van der Waals surface area contributed by atoms with Crippen molar-refractivity contribution in [2.24, 2.45) is 4.99 Å². The summed E-state index contributed by atoms with van der Waals surface area (Å²) in [4.78, 5) is 42.8. The summed E-state index contributed by atoms with van der Waals surface area (Å²) in [7, 11) is 0. The van der Waals surface area contributed by atoms with E-state index in [1.165, 1.54) is 28.8 Å². The number of aliphatic imine (C=N–C) groups is 1. The first-order valence-electron chi connectivity index (χ1n) is 7.53. The summed E-state index contributed by atoms with van der Waals surface area (Å²) in [6.07, 6.45) is 3.61. The number of nitrogens with one attached hydrogen (secondary N) is 1. The lowest BCUT2D eigenvalue weighted by Gasteiger charge is -2.18. The third kappa shape index (κ3) is 3.17. The van der Waals surface area contributed by atoms with Gasteiger partial charge in [0.1, 0.15) is 5.82 Å². The Labute approximate surface area is 146 Å². The highest BCUT2D eigenvalue weighted by molar-refractivity contribution is 6.36. The van der Waals surface area contributed by atoms with E-state index in [4.69, 9.17) is 11.6 Å². The molecule has 2 aromatic rings. The molecule has 8 nitrogen and oxygen atoms in total. The second kappa shape index (κ2) is 6.88. The lowest BCUT2D eigenvalue weighted by molar-refractivity contribution is 0.102. The number of aromatic nitrogens is 2. The Morgan fingerprint density at radius 2 is 2.20 bits per heavy atom. The quantitative estimate of drug-likeness (QED) is 0.643. The number of benzene rings is 1. The molecule has 128 valence electrons. The van der Waals surface area contributed by atoms with Crippen LogP contribution in [0.15, 0.2) is 28.0 Å². The first kappa shape index (κ1) is 16.9. The van der Waals surface area contributed by atoms with Crippen LogP contribution in [0.3, 0.4) is 0 Å². The van der Waals surface area contributed by atoms with Gasteiger partial charge in [-0.2, -0.15) is 9.98 Å². The van der Waals surface area contributed by atoms with Crippen LogP contribution in [-0.2, 0) is 17.8 Å². The van der Waals surface area contributed by atoms with Gasteiger partial charge in [0.15, 0.2) is 5.56 Å². The standard InChI is InChI=1S/C16H13ClN4O4/c17-13-9(18-8-22)4-3-5-10(13)19-14(23)12-15(24)20-11-6-1-2-7-21(11)16(12)25/h3-5,24H,1-2,6-7H2,(H,19,23). The van der Waals surface area contributed by atoms with Gasteiger partial charge in [-0.1, -0.05) is 17.7 Å². The van der Waals surface area contributed by atoms with Gasteiger partial charge in [0.05, 0.1) is 16.4 Å². The summed E-state index contributed by atoms with van der Waals surface area (Å²) in [6.45, 7) is 0.450. The number of carbonyl (C=O) groups excluding carboxylic acids is 2. The summed E-state index contributed by atoms with van der Waals surface area (Å²) in [5.41, 5.74) is -0.785. The smallest absolute Gasteiger partial charge is 0.270 e. The lowest BCUT2D eigenvalue weighted by atomic mass is 10.1. The Balaban J connectivity index is 1.99. The van der Waals surface area contributed by atoms with Crippen LogP contribution in [0.1, 0.15) is 29.0 Å². The van der Waals surface area contributed by atoms with Gasteiger partial charge in [0.25, 0.3) is 11.5 Å². The molecule has 1 aliphatic heterocycles. The van der Waals surface area contributed by atoms with Gasteiger partial charge in [-0.3, -0.25) is 14.2 Å². The van der Waals surface area contributed by atoms with Crippen molar-refractivity contribution in [2.75, 3.05) is 5.32 Å². The monoisotopic (exact) mass is 360 g/mol. The number of aromatic hydroxyl groups is 1. The number of carbonyl (C=O) groups is 1. The number of aryl methyl sites for hydroxylation is 1. The lowest BCUT2D eigenvalue weighted by Crippen LogP contribution is -2.34. The predicted molar refractivity (Wildman–Crippen MR) is 90.3 cm³/mol. The molecule has 0 fully saturated rings. The van der Waals surface area contributed by atoms with Crippen LogP contribution < -0.4 is 10.9 Å². The first-order valence-corrected chi connectivity index (χ1v) is 7.91. The second-order valence-corrected chi connectivity index (χ2v) is 5.81. The Morgan fingerprint density at radius 3 is 2.96 bits per heavy atom. The molecule has 0 saturated carbocycles. The first-order chi connectivity index (χ1) is 12.0. The van der Waals surface area contributed by atoms with Gasteiger partial charge < -0.3 is 10.4 Å². The maximum Gasteiger partial charge on any atom is 0.270 e. The molecule has 0 radical (unpaired) electrons. The highest BCUT2D eigenvalue weighted by atomic mass is 35.5. The van der Waals surface area contributed by atoms with Crippen LogP contribution in [-0.4, -0.2) is 26.6 Å². The van der Waals surface area contributed by atoms with Crippen molar-refractivity contribution in [3.05, 3.63) is 45.0 Å². The van der Waals surface area contributed by atoms with Crippen molar-refractivity contribution < 1.29 is 14.7 Å². The van der Waals surface area contributed by atoms with E-state index in [1.807, 2.05) is 0 Å². The molecule has 2 heterocycles. The van der Waals surface area contributed by atoms with Crippen molar-refractivity contribution in [3.8, 4) is 5.88 Å². The molecule has 0 spiro atoms. The van der Waals surface area contributed by atoms with E-state index in [9.17, 15) is 19.5 Å². The highest BCUT2D eigenvalue weighted by Gasteiger charge is 2.24. The maximum absolute atomic E-state index is 12.5. The number of amides is 1. The number of isocyanates is 1. The highest BCUT2D eigenvalue weighted by Crippen LogP contribution is 2.32. The number of halogens is 1. The molecular weight excluding hydrogens is 348 g/mol. The summed E-state index contributed by atoms with van der Waals surface area (Å²) in [5.74, 6) is -0.996. The molecule has 0 saturated heterocycles. The minimum atomic E-state index is -0.843. The van der Waals surface area contributed by atoms with E-state index in [2.05, 4.69) is 15.3 Å². The molecule has 2 N–H and O–H groups in total. The summed E-state index contributed by atoms with van der Waals surface area (Å²) >= 11 is 6.07. The van der Waals surface area contributed by atoms with Gasteiger partial charge in [-0.25, -0.2) is 4.79 Å². The SMILES string of the molecule is O=C=Nc1cccc(NC(=O)c2c(O)nc3n(c2=O)CCCC3)c1Cl. The van der Waals surface area contributed by atoms with Crippen LogP contribution in [0, 0.1) is 0 Å². The molecule has 0 unspecified atom stereocenters. The van der Waals surface area contributed by atoms with E-state index in [-0.39, 0.29) is 16.4 Å². The van der Waals surface area contributed by atoms with Crippen molar-refractivity contribution >= 4 is 35.0 Å². The Kier molecular flexibility index (Phi) is 4.65. The van der Waals surface area contributed by atoms with Crippen LogP contribution in [0.5, 0.6) is 5.88 Å². The number of hydrogen-bond donors (Lipinski definition) is 2. The predicted octanol–water partition coefficient (Wildman–Crippen LogP) is 2.16. The maximum atomic E-state index is 12.5.